The number of aromatic nitrogens is 1. The van der Waals surface area contributed by atoms with Crippen molar-refractivity contribution in [2.24, 2.45) is 5.73 Å². The number of hydrogen-bond acceptors (Lipinski definition) is 4. The van der Waals surface area contributed by atoms with Crippen LogP contribution in [0.1, 0.15) is 29.9 Å². The van der Waals surface area contributed by atoms with Crippen LogP contribution in [0.5, 0.6) is 5.75 Å². The topological polar surface area (TPSA) is 68.5 Å². The third-order valence-electron chi connectivity index (χ3n) is 4.67. The van der Waals surface area contributed by atoms with Gasteiger partial charge >= 0.3 is 6.09 Å². The zero-order chi connectivity index (χ0) is 17.5. The molecule has 0 spiro atoms. The van der Waals surface area contributed by atoms with Gasteiger partial charge in [-0.2, -0.15) is 0 Å². The fourth-order valence-corrected chi connectivity index (χ4v) is 3.38. The fourth-order valence-electron chi connectivity index (χ4n) is 3.38. The van der Waals surface area contributed by atoms with E-state index in [9.17, 15) is 4.79 Å². The number of hydrogen-bond donors (Lipinski definition) is 1. The van der Waals surface area contributed by atoms with Crippen molar-refractivity contribution in [3.05, 3.63) is 66.3 Å². The maximum absolute atomic E-state index is 11.1. The average molecular weight is 338 g/mol. The van der Waals surface area contributed by atoms with Gasteiger partial charge in [0.15, 0.2) is 0 Å². The molecule has 5 heteroatoms. The monoisotopic (exact) mass is 338 g/mol. The molecule has 1 fully saturated rings. The molecule has 1 aromatic carbocycles. The summed E-state index contributed by atoms with van der Waals surface area (Å²) >= 11 is 0. The highest BCUT2D eigenvalue weighted by Crippen LogP contribution is 2.34. The molecular weight excluding hydrogens is 314 g/mol. The summed E-state index contributed by atoms with van der Waals surface area (Å²) in [6, 6.07) is 11.8. The Morgan fingerprint density at radius 1 is 1.20 bits per heavy atom. The van der Waals surface area contributed by atoms with Crippen molar-refractivity contribution in [3.63, 3.8) is 0 Å². The highest BCUT2D eigenvalue weighted by Gasteiger charge is 2.23. The molecule has 1 saturated heterocycles. The molecule has 1 aliphatic heterocycles. The molecule has 0 bridgehead atoms. The number of para-hydroxylation sites is 1. The summed E-state index contributed by atoms with van der Waals surface area (Å²) in [5.74, 6) is 1.00. The quantitative estimate of drug-likeness (QED) is 0.878. The SMILES string of the molecule is NC(=O)Oc1ccccc1C1CCN(C[CH]Cc2ccncc2)CC1. The minimum absolute atomic E-state index is 0.409. The normalized spacial score (nSPS) is 15.8. The Bertz CT molecular complexity index is 682. The first-order valence-electron chi connectivity index (χ1n) is 8.71. The van der Waals surface area contributed by atoms with E-state index in [2.05, 4.69) is 28.4 Å². The molecule has 3 rings (SSSR count). The van der Waals surface area contributed by atoms with Crippen LogP contribution in [0.4, 0.5) is 4.79 Å². The number of primary amides is 1. The summed E-state index contributed by atoms with van der Waals surface area (Å²) in [7, 11) is 0. The summed E-state index contributed by atoms with van der Waals surface area (Å²) in [5.41, 5.74) is 7.55. The van der Waals surface area contributed by atoms with E-state index in [4.69, 9.17) is 10.5 Å². The summed E-state index contributed by atoms with van der Waals surface area (Å²) < 4.78 is 5.15. The minimum Gasteiger partial charge on any atom is -0.410 e. The predicted octanol–water partition coefficient (Wildman–Crippen LogP) is 3.17. The number of nitrogens with two attached hydrogens (primary N) is 1. The molecule has 2 heterocycles. The Kier molecular flexibility index (Phi) is 6.01. The third-order valence-corrected chi connectivity index (χ3v) is 4.67. The van der Waals surface area contributed by atoms with Crippen molar-refractivity contribution in [3.8, 4) is 5.75 Å². The van der Waals surface area contributed by atoms with E-state index in [0.717, 1.165) is 44.5 Å². The second-order valence-corrected chi connectivity index (χ2v) is 6.38. The molecular formula is C20H24N3O2. The highest BCUT2D eigenvalue weighted by molar-refractivity contribution is 5.68. The van der Waals surface area contributed by atoms with Crippen molar-refractivity contribution in [1.29, 1.82) is 0 Å². The van der Waals surface area contributed by atoms with E-state index in [0.29, 0.717) is 11.7 Å². The molecule has 0 saturated carbocycles. The lowest BCUT2D eigenvalue weighted by Gasteiger charge is -2.32. The lowest BCUT2D eigenvalue weighted by molar-refractivity contribution is 0.207. The Morgan fingerprint density at radius 3 is 2.64 bits per heavy atom. The second kappa shape index (κ2) is 8.62. The summed E-state index contributed by atoms with van der Waals surface area (Å²) in [4.78, 5) is 17.6. The maximum atomic E-state index is 11.1. The van der Waals surface area contributed by atoms with Crippen LogP contribution < -0.4 is 10.5 Å². The molecule has 1 radical (unpaired) electrons. The number of piperidine rings is 1. The van der Waals surface area contributed by atoms with Gasteiger partial charge in [0.2, 0.25) is 0 Å². The lowest BCUT2D eigenvalue weighted by atomic mass is 9.88. The number of likely N-dealkylation sites (tertiary alicyclic amines) is 1. The minimum atomic E-state index is -0.754. The number of carbonyl (C=O) groups excluding carboxylic acids is 1. The van der Waals surface area contributed by atoms with Crippen LogP contribution in [0.3, 0.4) is 0 Å². The number of benzene rings is 1. The van der Waals surface area contributed by atoms with Crippen LogP contribution >= 0.6 is 0 Å². The Morgan fingerprint density at radius 2 is 1.92 bits per heavy atom. The van der Waals surface area contributed by atoms with Gasteiger partial charge in [0.25, 0.3) is 0 Å². The van der Waals surface area contributed by atoms with E-state index in [1.54, 1.807) is 0 Å². The average Bonchev–Trinajstić information content (AvgIpc) is 2.63. The molecule has 0 aliphatic carbocycles. The Balaban J connectivity index is 1.48. The molecule has 2 N–H and O–H groups in total. The molecule has 1 aromatic heterocycles. The summed E-state index contributed by atoms with van der Waals surface area (Å²) in [6.07, 6.45) is 8.32. The molecule has 0 atom stereocenters. The second-order valence-electron chi connectivity index (χ2n) is 6.38. The maximum Gasteiger partial charge on any atom is 0.409 e. The zero-order valence-electron chi connectivity index (χ0n) is 14.3. The molecule has 0 unspecified atom stereocenters. The standard InChI is InChI=1S/C20H24N3O2/c21-20(24)25-19-6-2-1-5-18(19)17-9-14-23(15-10-17)13-3-4-16-7-11-22-12-8-16/h1-3,5-8,11-12,17H,4,9-10,13-15H2,(H2,21,24). The lowest BCUT2D eigenvalue weighted by Crippen LogP contribution is -2.34. The van der Waals surface area contributed by atoms with E-state index < -0.39 is 6.09 Å². The number of amides is 1. The van der Waals surface area contributed by atoms with Crippen LogP contribution in [0, 0.1) is 6.42 Å². The molecule has 25 heavy (non-hydrogen) atoms. The fraction of sp³-hybridized carbons (Fsp3) is 0.350. The number of pyridine rings is 1. The zero-order valence-corrected chi connectivity index (χ0v) is 14.3. The molecule has 131 valence electrons. The van der Waals surface area contributed by atoms with Gasteiger partial charge in [0.1, 0.15) is 5.75 Å². The van der Waals surface area contributed by atoms with Gasteiger partial charge in [-0.05, 0) is 74.0 Å². The van der Waals surface area contributed by atoms with Crippen molar-refractivity contribution >= 4 is 6.09 Å². The van der Waals surface area contributed by atoms with E-state index in [1.807, 2.05) is 36.7 Å². The first kappa shape index (κ1) is 17.4. The molecule has 2 aromatic rings. The van der Waals surface area contributed by atoms with Crippen LogP contribution in [-0.4, -0.2) is 35.6 Å². The van der Waals surface area contributed by atoms with E-state index in [-0.39, 0.29) is 0 Å². The number of nitrogens with zero attached hydrogens (tertiary/aromatic N) is 2. The van der Waals surface area contributed by atoms with Crippen molar-refractivity contribution in [1.82, 2.24) is 9.88 Å². The number of ether oxygens (including phenoxy) is 1. The third kappa shape index (κ3) is 5.03. The first-order chi connectivity index (χ1) is 12.2. The van der Waals surface area contributed by atoms with Crippen molar-refractivity contribution in [2.75, 3.05) is 19.6 Å². The van der Waals surface area contributed by atoms with Gasteiger partial charge in [-0.25, -0.2) is 4.79 Å². The predicted molar refractivity (Wildman–Crippen MR) is 97.3 cm³/mol. The van der Waals surface area contributed by atoms with Crippen LogP contribution in [0.2, 0.25) is 0 Å². The van der Waals surface area contributed by atoms with Crippen LogP contribution in [-0.2, 0) is 6.42 Å². The van der Waals surface area contributed by atoms with E-state index >= 15 is 0 Å². The summed E-state index contributed by atoms with van der Waals surface area (Å²) in [6.45, 7) is 3.08. The molecule has 1 amide bonds. The van der Waals surface area contributed by atoms with Gasteiger partial charge in [-0.1, -0.05) is 18.2 Å². The highest BCUT2D eigenvalue weighted by atomic mass is 16.5. The van der Waals surface area contributed by atoms with Gasteiger partial charge < -0.3 is 15.4 Å². The Hall–Kier alpha value is -2.40. The van der Waals surface area contributed by atoms with Gasteiger partial charge in [0.05, 0.1) is 0 Å². The molecule has 1 aliphatic rings. The summed E-state index contributed by atoms with van der Waals surface area (Å²) in [5, 5.41) is 0. The smallest absolute Gasteiger partial charge is 0.409 e. The Labute approximate surface area is 148 Å². The molecule has 5 nitrogen and oxygen atoms in total. The van der Waals surface area contributed by atoms with Gasteiger partial charge in [0, 0.05) is 18.9 Å². The van der Waals surface area contributed by atoms with E-state index in [1.165, 1.54) is 5.56 Å². The number of rotatable bonds is 6. The number of carbonyl (C=O) groups is 1. The largest absolute Gasteiger partial charge is 0.410 e. The van der Waals surface area contributed by atoms with Gasteiger partial charge in [-0.3, -0.25) is 4.98 Å². The van der Waals surface area contributed by atoms with Crippen molar-refractivity contribution < 1.29 is 9.53 Å². The van der Waals surface area contributed by atoms with Crippen LogP contribution in [0.15, 0.2) is 48.8 Å². The first-order valence-corrected chi connectivity index (χ1v) is 8.71. The van der Waals surface area contributed by atoms with Crippen molar-refractivity contribution in [2.45, 2.75) is 25.2 Å². The van der Waals surface area contributed by atoms with Crippen LogP contribution in [0.25, 0.3) is 0 Å². The van der Waals surface area contributed by atoms with Gasteiger partial charge in [-0.15, -0.1) is 0 Å².